The Labute approximate surface area is 152 Å². The van der Waals surface area contributed by atoms with Gasteiger partial charge in [-0.1, -0.05) is 0 Å². The van der Waals surface area contributed by atoms with Gasteiger partial charge in [0.15, 0.2) is 5.69 Å². The van der Waals surface area contributed by atoms with Gasteiger partial charge in [0.25, 0.3) is 5.91 Å². The van der Waals surface area contributed by atoms with Gasteiger partial charge in [-0.05, 0) is 38.2 Å². The molecule has 7 nitrogen and oxygen atoms in total. The molecule has 1 amide bonds. The average Bonchev–Trinajstić information content (AvgIpc) is 3.24. The average molecular weight is 353 g/mol. The fraction of sp³-hybridized carbons (Fsp3) is 0.579. The predicted molar refractivity (Wildman–Crippen MR) is 93.9 cm³/mol. The van der Waals surface area contributed by atoms with Gasteiger partial charge < -0.3 is 9.64 Å². The van der Waals surface area contributed by atoms with Crippen LogP contribution in [0.2, 0.25) is 0 Å². The Bertz CT molecular complexity index is 873. The van der Waals surface area contributed by atoms with Crippen molar-refractivity contribution in [2.24, 2.45) is 0 Å². The normalized spacial score (nSPS) is 24.6. The smallest absolute Gasteiger partial charge is 0.274 e. The fourth-order valence-electron chi connectivity index (χ4n) is 4.77. The molecule has 4 heterocycles. The summed E-state index contributed by atoms with van der Waals surface area (Å²) in [6.07, 6.45) is 6.90. The first kappa shape index (κ1) is 15.9. The quantitative estimate of drug-likeness (QED) is 0.844. The van der Waals surface area contributed by atoms with Crippen molar-refractivity contribution < 1.29 is 9.53 Å². The first-order valence-electron chi connectivity index (χ1n) is 9.42. The molecule has 1 spiro atoms. The number of amides is 1. The minimum absolute atomic E-state index is 0.0197. The summed E-state index contributed by atoms with van der Waals surface area (Å²) in [7, 11) is 0. The molecule has 2 aliphatic heterocycles. The lowest BCUT2D eigenvalue weighted by Gasteiger charge is -2.40. The van der Waals surface area contributed by atoms with Crippen molar-refractivity contribution in [3.63, 3.8) is 0 Å². The summed E-state index contributed by atoms with van der Waals surface area (Å²) in [5.74, 6) is 0.832. The van der Waals surface area contributed by atoms with Gasteiger partial charge in [0, 0.05) is 42.4 Å². The van der Waals surface area contributed by atoms with Crippen LogP contribution in [0.5, 0.6) is 0 Å². The third kappa shape index (κ3) is 2.37. The molecule has 26 heavy (non-hydrogen) atoms. The SMILES string of the molecule is Cc1ncc2c(n1)C1(CCCN(C(=O)c3n[nH]c4c3COCC4)C1)CC2. The molecule has 1 atom stereocenters. The number of nitrogens with one attached hydrogen (secondary N) is 1. The van der Waals surface area contributed by atoms with E-state index in [1.165, 1.54) is 5.56 Å². The van der Waals surface area contributed by atoms with Gasteiger partial charge in [-0.2, -0.15) is 5.10 Å². The third-order valence-electron chi connectivity index (χ3n) is 6.12. The largest absolute Gasteiger partial charge is 0.376 e. The van der Waals surface area contributed by atoms with Crippen LogP contribution in [0.15, 0.2) is 6.20 Å². The topological polar surface area (TPSA) is 84.0 Å². The van der Waals surface area contributed by atoms with E-state index in [0.29, 0.717) is 18.9 Å². The second-order valence-electron chi connectivity index (χ2n) is 7.73. The molecule has 2 aromatic rings. The number of hydrogen-bond acceptors (Lipinski definition) is 5. The maximum absolute atomic E-state index is 13.2. The van der Waals surface area contributed by atoms with Gasteiger partial charge in [-0.25, -0.2) is 9.97 Å². The monoisotopic (exact) mass is 353 g/mol. The van der Waals surface area contributed by atoms with E-state index < -0.39 is 0 Å². The van der Waals surface area contributed by atoms with Crippen molar-refractivity contribution in [3.05, 3.63) is 40.2 Å². The van der Waals surface area contributed by atoms with Crippen LogP contribution in [-0.2, 0) is 29.6 Å². The minimum Gasteiger partial charge on any atom is -0.376 e. The highest BCUT2D eigenvalue weighted by Gasteiger charge is 2.45. The van der Waals surface area contributed by atoms with E-state index in [1.807, 2.05) is 18.0 Å². The highest BCUT2D eigenvalue weighted by molar-refractivity contribution is 5.94. The lowest BCUT2D eigenvalue weighted by Crippen LogP contribution is -2.48. The molecule has 1 N–H and O–H groups in total. The van der Waals surface area contributed by atoms with Crippen molar-refractivity contribution in [1.82, 2.24) is 25.1 Å². The summed E-state index contributed by atoms with van der Waals surface area (Å²) in [5, 5.41) is 7.36. The van der Waals surface area contributed by atoms with E-state index in [9.17, 15) is 4.79 Å². The number of likely N-dealkylation sites (tertiary alicyclic amines) is 1. The molecule has 5 rings (SSSR count). The number of rotatable bonds is 1. The Morgan fingerprint density at radius 1 is 1.35 bits per heavy atom. The van der Waals surface area contributed by atoms with Crippen molar-refractivity contribution in [1.29, 1.82) is 0 Å². The standard InChI is InChI=1S/C19H23N5O2/c1-12-20-9-13-3-6-19(17(13)21-12)5-2-7-24(11-19)18(25)16-14-10-26-8-4-15(14)22-23-16/h9H,2-8,10-11H2,1H3,(H,22,23). The molecule has 136 valence electrons. The Morgan fingerprint density at radius 2 is 2.27 bits per heavy atom. The Hall–Kier alpha value is -2.28. The van der Waals surface area contributed by atoms with Crippen LogP contribution in [0, 0.1) is 6.92 Å². The third-order valence-corrected chi connectivity index (χ3v) is 6.12. The first-order valence-corrected chi connectivity index (χ1v) is 9.42. The van der Waals surface area contributed by atoms with E-state index in [0.717, 1.165) is 68.0 Å². The summed E-state index contributed by atoms with van der Waals surface area (Å²) >= 11 is 0. The number of aromatic amines is 1. The number of aryl methyl sites for hydroxylation is 2. The molecule has 1 saturated heterocycles. The van der Waals surface area contributed by atoms with Crippen LogP contribution >= 0.6 is 0 Å². The van der Waals surface area contributed by atoms with Gasteiger partial charge >= 0.3 is 0 Å². The molecular formula is C19H23N5O2. The summed E-state index contributed by atoms with van der Waals surface area (Å²) < 4.78 is 5.54. The summed E-state index contributed by atoms with van der Waals surface area (Å²) in [6.45, 7) is 4.60. The maximum Gasteiger partial charge on any atom is 0.274 e. The highest BCUT2D eigenvalue weighted by Crippen LogP contribution is 2.44. The van der Waals surface area contributed by atoms with Gasteiger partial charge in [-0.3, -0.25) is 9.89 Å². The van der Waals surface area contributed by atoms with Crippen LogP contribution in [0.25, 0.3) is 0 Å². The minimum atomic E-state index is -0.0240. The van der Waals surface area contributed by atoms with E-state index in [1.54, 1.807) is 0 Å². The lowest BCUT2D eigenvalue weighted by molar-refractivity contribution is 0.0617. The van der Waals surface area contributed by atoms with Gasteiger partial charge in [0.05, 0.1) is 18.9 Å². The zero-order valence-electron chi connectivity index (χ0n) is 15.0. The predicted octanol–water partition coefficient (Wildman–Crippen LogP) is 1.70. The number of aromatic nitrogens is 4. The number of H-pyrrole nitrogens is 1. The molecule has 0 saturated carbocycles. The first-order chi connectivity index (χ1) is 12.7. The van der Waals surface area contributed by atoms with Crippen molar-refractivity contribution >= 4 is 5.91 Å². The second-order valence-corrected chi connectivity index (χ2v) is 7.73. The number of carbonyl (C=O) groups is 1. The van der Waals surface area contributed by atoms with Crippen LogP contribution in [0.1, 0.15) is 58.1 Å². The summed E-state index contributed by atoms with van der Waals surface area (Å²) in [5.41, 5.74) is 4.90. The maximum atomic E-state index is 13.2. The van der Waals surface area contributed by atoms with E-state index in [-0.39, 0.29) is 11.3 Å². The van der Waals surface area contributed by atoms with Gasteiger partial charge in [0.1, 0.15) is 5.82 Å². The Balaban J connectivity index is 1.45. The number of nitrogens with zero attached hydrogens (tertiary/aromatic N) is 4. The van der Waals surface area contributed by atoms with Crippen LogP contribution in [0.4, 0.5) is 0 Å². The second kappa shape index (κ2) is 5.87. The molecule has 1 unspecified atom stereocenters. The Kier molecular flexibility index (Phi) is 3.60. The summed E-state index contributed by atoms with van der Waals surface area (Å²) in [4.78, 5) is 24.3. The number of piperidine rings is 1. The molecule has 2 aromatic heterocycles. The van der Waals surface area contributed by atoms with Crippen LogP contribution < -0.4 is 0 Å². The molecule has 3 aliphatic rings. The summed E-state index contributed by atoms with van der Waals surface area (Å²) in [6, 6.07) is 0. The number of fused-ring (bicyclic) bond motifs is 3. The molecule has 0 radical (unpaired) electrons. The lowest BCUT2D eigenvalue weighted by atomic mass is 9.77. The number of carbonyl (C=O) groups excluding carboxylic acids is 1. The van der Waals surface area contributed by atoms with Gasteiger partial charge in [0.2, 0.25) is 0 Å². The molecule has 0 bridgehead atoms. The van der Waals surface area contributed by atoms with Crippen molar-refractivity contribution in [2.45, 2.75) is 51.0 Å². The fourth-order valence-corrected chi connectivity index (χ4v) is 4.77. The van der Waals surface area contributed by atoms with Crippen molar-refractivity contribution in [2.75, 3.05) is 19.7 Å². The van der Waals surface area contributed by atoms with Crippen LogP contribution in [-0.4, -0.2) is 50.7 Å². The van der Waals surface area contributed by atoms with E-state index >= 15 is 0 Å². The zero-order valence-corrected chi connectivity index (χ0v) is 15.0. The van der Waals surface area contributed by atoms with Gasteiger partial charge in [-0.15, -0.1) is 0 Å². The van der Waals surface area contributed by atoms with E-state index in [2.05, 4.69) is 15.2 Å². The molecule has 1 fully saturated rings. The highest BCUT2D eigenvalue weighted by atomic mass is 16.5. The zero-order chi connectivity index (χ0) is 17.7. The molecular weight excluding hydrogens is 330 g/mol. The number of hydrogen-bond donors (Lipinski definition) is 1. The van der Waals surface area contributed by atoms with Crippen LogP contribution in [0.3, 0.4) is 0 Å². The van der Waals surface area contributed by atoms with E-state index in [4.69, 9.17) is 9.72 Å². The molecule has 1 aliphatic carbocycles. The molecule has 7 heteroatoms. The van der Waals surface area contributed by atoms with Crippen molar-refractivity contribution in [3.8, 4) is 0 Å². The molecule has 0 aromatic carbocycles. The Morgan fingerprint density at radius 3 is 3.19 bits per heavy atom. The number of ether oxygens (including phenoxy) is 1.